The van der Waals surface area contributed by atoms with Gasteiger partial charge in [0.05, 0.1) is 6.26 Å². The van der Waals surface area contributed by atoms with Gasteiger partial charge >= 0.3 is 0 Å². The normalized spacial score (nSPS) is 10.2. The number of aromatic nitrogens is 2. The third-order valence-corrected chi connectivity index (χ3v) is 2.02. The predicted octanol–water partition coefficient (Wildman–Crippen LogP) is 1.66. The predicted molar refractivity (Wildman–Crippen MR) is 63.6 cm³/mol. The van der Waals surface area contributed by atoms with Gasteiger partial charge in [0.15, 0.2) is 0 Å². The Morgan fingerprint density at radius 3 is 3.06 bits per heavy atom. The van der Waals surface area contributed by atoms with Gasteiger partial charge in [0.2, 0.25) is 11.8 Å². The molecule has 0 spiro atoms. The molecule has 0 aliphatic rings. The molecular formula is C11H14N4O2. The number of hydrogen-bond donors (Lipinski definition) is 2. The number of furan rings is 1. The Bertz CT molecular complexity index is 470. The first kappa shape index (κ1) is 11.3. The minimum absolute atomic E-state index is 0.179. The van der Waals surface area contributed by atoms with Gasteiger partial charge in [0.25, 0.3) is 0 Å². The Kier molecular flexibility index (Phi) is 3.44. The molecule has 0 unspecified atom stereocenters. The lowest BCUT2D eigenvalue weighted by Crippen LogP contribution is -2.05. The monoisotopic (exact) mass is 234 g/mol. The van der Waals surface area contributed by atoms with Crippen LogP contribution in [-0.2, 0) is 6.61 Å². The quantitative estimate of drug-likeness (QED) is 0.818. The molecule has 6 nitrogen and oxygen atoms in total. The zero-order chi connectivity index (χ0) is 12.1. The molecule has 0 aromatic carbocycles. The molecule has 90 valence electrons. The maximum Gasteiger partial charge on any atom is 0.225 e. The second-order valence-corrected chi connectivity index (χ2v) is 3.35. The van der Waals surface area contributed by atoms with E-state index in [-0.39, 0.29) is 5.95 Å². The van der Waals surface area contributed by atoms with Crippen molar-refractivity contribution in [3.63, 3.8) is 0 Å². The molecule has 3 N–H and O–H groups in total. The minimum Gasteiger partial charge on any atom is -0.469 e. The van der Waals surface area contributed by atoms with Gasteiger partial charge in [0, 0.05) is 12.6 Å². The number of nitrogen functional groups attached to an aromatic ring is 1. The third-order valence-electron chi connectivity index (χ3n) is 2.02. The fourth-order valence-corrected chi connectivity index (χ4v) is 1.33. The van der Waals surface area contributed by atoms with E-state index in [0.29, 0.717) is 18.3 Å². The molecule has 0 radical (unpaired) electrons. The fraction of sp³-hybridized carbons (Fsp3) is 0.273. The Morgan fingerprint density at radius 2 is 2.35 bits per heavy atom. The molecule has 6 heteroatoms. The summed E-state index contributed by atoms with van der Waals surface area (Å²) in [5, 5.41) is 3.05. The van der Waals surface area contributed by atoms with E-state index >= 15 is 0 Å². The molecule has 2 aromatic heterocycles. The first-order valence-electron chi connectivity index (χ1n) is 5.31. The van der Waals surface area contributed by atoms with Crippen molar-refractivity contribution in [2.45, 2.75) is 13.5 Å². The zero-order valence-corrected chi connectivity index (χ0v) is 9.51. The number of nitrogens with two attached hydrogens (primary N) is 1. The summed E-state index contributed by atoms with van der Waals surface area (Å²) in [6, 6.07) is 5.33. The summed E-state index contributed by atoms with van der Waals surface area (Å²) in [5.74, 6) is 1.98. The molecule has 0 aliphatic heterocycles. The average Bonchev–Trinajstić information content (AvgIpc) is 2.79. The first-order chi connectivity index (χ1) is 8.28. The van der Waals surface area contributed by atoms with Gasteiger partial charge in [-0.3, -0.25) is 0 Å². The van der Waals surface area contributed by atoms with Gasteiger partial charge in [-0.25, -0.2) is 0 Å². The molecule has 0 aliphatic carbocycles. The second-order valence-electron chi connectivity index (χ2n) is 3.35. The van der Waals surface area contributed by atoms with Gasteiger partial charge in [-0.1, -0.05) is 0 Å². The minimum atomic E-state index is 0.179. The fourth-order valence-electron chi connectivity index (χ4n) is 1.33. The molecular weight excluding hydrogens is 220 g/mol. The molecule has 2 rings (SSSR count). The molecule has 0 saturated carbocycles. The third kappa shape index (κ3) is 3.10. The largest absolute Gasteiger partial charge is 0.469 e. The molecule has 0 fully saturated rings. The highest BCUT2D eigenvalue weighted by Crippen LogP contribution is 2.16. The summed E-state index contributed by atoms with van der Waals surface area (Å²) in [6.07, 6.45) is 1.59. The number of ether oxygens (including phenoxy) is 1. The van der Waals surface area contributed by atoms with Crippen molar-refractivity contribution in [2.75, 3.05) is 17.6 Å². The van der Waals surface area contributed by atoms with Gasteiger partial charge in [-0.15, -0.1) is 0 Å². The van der Waals surface area contributed by atoms with Crippen LogP contribution >= 0.6 is 0 Å². The maximum absolute atomic E-state index is 5.57. The Balaban J connectivity index is 2.04. The Morgan fingerprint density at radius 1 is 1.47 bits per heavy atom. The maximum atomic E-state index is 5.57. The van der Waals surface area contributed by atoms with E-state index in [2.05, 4.69) is 15.3 Å². The van der Waals surface area contributed by atoms with Crippen molar-refractivity contribution in [1.82, 2.24) is 9.97 Å². The second kappa shape index (κ2) is 5.20. The lowest BCUT2D eigenvalue weighted by atomic mass is 10.5. The summed E-state index contributed by atoms with van der Waals surface area (Å²) in [5.41, 5.74) is 5.57. The van der Waals surface area contributed by atoms with Gasteiger partial charge in [0.1, 0.15) is 18.2 Å². The van der Waals surface area contributed by atoms with E-state index in [1.807, 2.05) is 13.0 Å². The summed E-state index contributed by atoms with van der Waals surface area (Å²) in [4.78, 5) is 8.00. The van der Waals surface area contributed by atoms with Crippen LogP contribution in [0.4, 0.5) is 11.8 Å². The summed E-state index contributed by atoms with van der Waals surface area (Å²) in [6.45, 7) is 3.05. The topological polar surface area (TPSA) is 86.2 Å². The molecule has 0 saturated heterocycles. The molecule has 0 bridgehead atoms. The van der Waals surface area contributed by atoms with Crippen LogP contribution < -0.4 is 15.8 Å². The van der Waals surface area contributed by atoms with E-state index in [9.17, 15) is 0 Å². The van der Waals surface area contributed by atoms with Crippen LogP contribution in [0.15, 0.2) is 28.9 Å². The van der Waals surface area contributed by atoms with Crippen LogP contribution in [0.1, 0.15) is 12.7 Å². The standard InChI is InChI=1S/C11H14N4O2/c1-2-13-9-6-10(15-11(12)14-9)17-7-8-4-3-5-16-8/h3-6H,2,7H2,1H3,(H3,12,13,14,15). The van der Waals surface area contributed by atoms with Crippen LogP contribution in [0.25, 0.3) is 0 Å². The van der Waals surface area contributed by atoms with E-state index in [1.54, 1.807) is 18.4 Å². The number of anilines is 2. The summed E-state index contributed by atoms with van der Waals surface area (Å²) < 4.78 is 10.6. The van der Waals surface area contributed by atoms with Gasteiger partial charge in [-0.2, -0.15) is 9.97 Å². The average molecular weight is 234 g/mol. The number of nitrogens with zero attached hydrogens (tertiary/aromatic N) is 2. The zero-order valence-electron chi connectivity index (χ0n) is 9.51. The number of rotatable bonds is 5. The highest BCUT2D eigenvalue weighted by molar-refractivity contribution is 5.42. The number of nitrogens with one attached hydrogen (secondary N) is 1. The number of hydrogen-bond acceptors (Lipinski definition) is 6. The molecule has 17 heavy (non-hydrogen) atoms. The van der Waals surface area contributed by atoms with Crippen LogP contribution in [0.5, 0.6) is 5.88 Å². The SMILES string of the molecule is CCNc1cc(OCc2ccco2)nc(N)n1. The van der Waals surface area contributed by atoms with Crippen molar-refractivity contribution in [3.8, 4) is 5.88 Å². The van der Waals surface area contributed by atoms with Crippen molar-refractivity contribution in [1.29, 1.82) is 0 Å². The van der Waals surface area contributed by atoms with E-state index in [4.69, 9.17) is 14.9 Å². The highest BCUT2D eigenvalue weighted by atomic mass is 16.5. The lowest BCUT2D eigenvalue weighted by molar-refractivity contribution is 0.261. The summed E-state index contributed by atoms with van der Waals surface area (Å²) >= 11 is 0. The molecule has 2 heterocycles. The van der Waals surface area contributed by atoms with E-state index in [0.717, 1.165) is 12.3 Å². The van der Waals surface area contributed by atoms with E-state index < -0.39 is 0 Å². The van der Waals surface area contributed by atoms with E-state index in [1.165, 1.54) is 0 Å². The Labute approximate surface area is 98.8 Å². The molecule has 0 amide bonds. The Hall–Kier alpha value is -2.24. The van der Waals surface area contributed by atoms with Crippen LogP contribution in [0.3, 0.4) is 0 Å². The van der Waals surface area contributed by atoms with Crippen molar-refractivity contribution in [2.24, 2.45) is 0 Å². The highest BCUT2D eigenvalue weighted by Gasteiger charge is 2.04. The smallest absolute Gasteiger partial charge is 0.225 e. The van der Waals surface area contributed by atoms with Crippen molar-refractivity contribution < 1.29 is 9.15 Å². The summed E-state index contributed by atoms with van der Waals surface area (Å²) in [7, 11) is 0. The van der Waals surface area contributed by atoms with Gasteiger partial charge in [-0.05, 0) is 19.1 Å². The first-order valence-corrected chi connectivity index (χ1v) is 5.31. The van der Waals surface area contributed by atoms with Gasteiger partial charge < -0.3 is 20.2 Å². The lowest BCUT2D eigenvalue weighted by Gasteiger charge is -2.07. The van der Waals surface area contributed by atoms with Crippen molar-refractivity contribution >= 4 is 11.8 Å². The molecule has 2 aromatic rings. The molecule has 0 atom stereocenters. The van der Waals surface area contributed by atoms with Crippen LogP contribution in [-0.4, -0.2) is 16.5 Å². The van der Waals surface area contributed by atoms with Crippen molar-refractivity contribution in [3.05, 3.63) is 30.2 Å². The van der Waals surface area contributed by atoms with Crippen LogP contribution in [0, 0.1) is 0 Å². The van der Waals surface area contributed by atoms with Crippen LogP contribution in [0.2, 0.25) is 0 Å².